The number of amides is 1. The maximum Gasteiger partial charge on any atom is 0.408 e. The summed E-state index contributed by atoms with van der Waals surface area (Å²) in [5.74, 6) is 1.23. The first-order valence-electron chi connectivity index (χ1n) is 10.6. The van der Waals surface area contributed by atoms with Crippen molar-refractivity contribution < 1.29 is 14.3 Å². The van der Waals surface area contributed by atoms with E-state index >= 15 is 0 Å². The van der Waals surface area contributed by atoms with E-state index < -0.39 is 17.7 Å². The van der Waals surface area contributed by atoms with Gasteiger partial charge >= 0.3 is 6.09 Å². The summed E-state index contributed by atoms with van der Waals surface area (Å²) in [6, 6.07) is 6.84. The Bertz CT molecular complexity index is 958. The molecule has 0 saturated carbocycles. The van der Waals surface area contributed by atoms with Gasteiger partial charge in [0.2, 0.25) is 0 Å². The van der Waals surface area contributed by atoms with Crippen molar-refractivity contribution in [1.29, 1.82) is 0 Å². The molecule has 1 heterocycles. The predicted molar refractivity (Wildman–Crippen MR) is 115 cm³/mol. The second-order valence-corrected chi connectivity index (χ2v) is 8.54. The minimum Gasteiger partial charge on any atom is -0.494 e. The van der Waals surface area contributed by atoms with Crippen LogP contribution >= 0.6 is 0 Å². The van der Waals surface area contributed by atoms with Crippen LogP contribution in [0.1, 0.15) is 70.6 Å². The van der Waals surface area contributed by atoms with E-state index in [1.54, 1.807) is 4.57 Å². The van der Waals surface area contributed by atoms with Gasteiger partial charge in [0.1, 0.15) is 17.2 Å². The number of ether oxygens (including phenoxy) is 2. The fraction of sp³-hybridized carbons (Fsp3) is 0.522. The van der Waals surface area contributed by atoms with Crippen LogP contribution in [0.2, 0.25) is 0 Å². The van der Waals surface area contributed by atoms with E-state index in [0.717, 1.165) is 42.7 Å². The Hall–Kier alpha value is -2.83. The third-order valence-electron chi connectivity index (χ3n) is 4.91. The first kappa shape index (κ1) is 21.9. The first-order valence-corrected chi connectivity index (χ1v) is 10.6. The van der Waals surface area contributed by atoms with Gasteiger partial charge in [-0.05, 0) is 84.6 Å². The molecular weight excluding hydrogens is 382 g/mol. The summed E-state index contributed by atoms with van der Waals surface area (Å²) in [5, 5.41) is 2.82. The Labute approximate surface area is 177 Å². The smallest absolute Gasteiger partial charge is 0.408 e. The van der Waals surface area contributed by atoms with Crippen LogP contribution in [0.15, 0.2) is 29.1 Å². The van der Waals surface area contributed by atoms with E-state index in [4.69, 9.17) is 14.5 Å². The van der Waals surface area contributed by atoms with Crippen LogP contribution in [-0.2, 0) is 17.6 Å². The Morgan fingerprint density at radius 1 is 1.20 bits per heavy atom. The summed E-state index contributed by atoms with van der Waals surface area (Å²) in [4.78, 5) is 30.5. The molecule has 30 heavy (non-hydrogen) atoms. The van der Waals surface area contributed by atoms with Crippen LogP contribution in [0.5, 0.6) is 5.75 Å². The first-order chi connectivity index (χ1) is 14.2. The van der Waals surface area contributed by atoms with Crippen LogP contribution < -0.4 is 15.6 Å². The van der Waals surface area contributed by atoms with E-state index in [9.17, 15) is 9.59 Å². The number of hydrogen-bond acceptors (Lipinski definition) is 5. The van der Waals surface area contributed by atoms with Crippen LogP contribution in [-0.4, -0.2) is 27.9 Å². The van der Waals surface area contributed by atoms with Crippen molar-refractivity contribution in [3.05, 3.63) is 51.7 Å². The van der Waals surface area contributed by atoms with Gasteiger partial charge in [-0.1, -0.05) is 0 Å². The zero-order valence-corrected chi connectivity index (χ0v) is 18.4. The number of aryl methyl sites for hydroxylation is 1. The maximum atomic E-state index is 13.4. The highest BCUT2D eigenvalue weighted by molar-refractivity contribution is 5.68. The molecule has 0 aliphatic heterocycles. The number of hydrogen-bond donors (Lipinski definition) is 1. The molecule has 1 N–H and O–H groups in total. The van der Waals surface area contributed by atoms with Crippen LogP contribution in [0.4, 0.5) is 4.79 Å². The van der Waals surface area contributed by atoms with Crippen molar-refractivity contribution in [2.45, 2.75) is 71.9 Å². The molecular formula is C23H31N3O4. The Kier molecular flexibility index (Phi) is 6.48. The third-order valence-corrected chi connectivity index (χ3v) is 4.91. The topological polar surface area (TPSA) is 82.4 Å². The van der Waals surface area contributed by atoms with Crippen molar-refractivity contribution in [2.24, 2.45) is 0 Å². The van der Waals surface area contributed by atoms with E-state index in [2.05, 4.69) is 5.32 Å². The summed E-state index contributed by atoms with van der Waals surface area (Å²) in [5.41, 5.74) is 1.61. The van der Waals surface area contributed by atoms with Gasteiger partial charge in [0.25, 0.3) is 5.56 Å². The number of rotatable bonds is 5. The van der Waals surface area contributed by atoms with Crippen molar-refractivity contribution >= 4 is 6.09 Å². The molecule has 1 amide bonds. The summed E-state index contributed by atoms with van der Waals surface area (Å²) in [6.45, 7) is 9.74. The van der Waals surface area contributed by atoms with Crippen molar-refractivity contribution in [3.8, 4) is 11.4 Å². The van der Waals surface area contributed by atoms with Gasteiger partial charge < -0.3 is 14.8 Å². The highest BCUT2D eigenvalue weighted by Gasteiger charge is 2.25. The number of benzene rings is 1. The number of aromatic nitrogens is 2. The quantitative estimate of drug-likeness (QED) is 0.798. The zero-order chi connectivity index (χ0) is 21.9. The molecule has 0 spiro atoms. The fourth-order valence-corrected chi connectivity index (χ4v) is 3.62. The van der Waals surface area contributed by atoms with Crippen molar-refractivity contribution in [1.82, 2.24) is 14.9 Å². The summed E-state index contributed by atoms with van der Waals surface area (Å²) in [7, 11) is 0. The number of nitrogens with one attached hydrogen (secondary N) is 1. The lowest BCUT2D eigenvalue weighted by Crippen LogP contribution is -2.38. The molecule has 0 saturated heterocycles. The Morgan fingerprint density at radius 3 is 2.50 bits per heavy atom. The lowest BCUT2D eigenvalue weighted by atomic mass is 9.96. The minimum atomic E-state index is -0.609. The molecule has 1 aromatic carbocycles. The molecule has 3 rings (SSSR count). The number of alkyl carbamates (subject to hydrolysis) is 1. The van der Waals surface area contributed by atoms with E-state index in [0.29, 0.717) is 18.1 Å². The van der Waals surface area contributed by atoms with E-state index in [-0.39, 0.29) is 5.56 Å². The average Bonchev–Trinajstić information content (AvgIpc) is 2.67. The average molecular weight is 414 g/mol. The molecule has 7 nitrogen and oxygen atoms in total. The van der Waals surface area contributed by atoms with Crippen molar-refractivity contribution in [3.63, 3.8) is 0 Å². The molecule has 1 aliphatic rings. The minimum absolute atomic E-state index is 0.0725. The Balaban J connectivity index is 2.03. The van der Waals surface area contributed by atoms with Gasteiger partial charge in [-0.15, -0.1) is 0 Å². The second kappa shape index (κ2) is 8.90. The largest absolute Gasteiger partial charge is 0.494 e. The predicted octanol–water partition coefficient (Wildman–Crippen LogP) is 4.10. The maximum absolute atomic E-state index is 13.4. The number of nitrogens with zero attached hydrogens (tertiary/aromatic N) is 2. The molecule has 2 aromatic rings. The molecule has 0 bridgehead atoms. The van der Waals surface area contributed by atoms with Gasteiger partial charge in [-0.25, -0.2) is 9.78 Å². The highest BCUT2D eigenvalue weighted by atomic mass is 16.6. The van der Waals surface area contributed by atoms with Crippen LogP contribution in [0.3, 0.4) is 0 Å². The molecule has 7 heteroatoms. The summed E-state index contributed by atoms with van der Waals surface area (Å²) < 4.78 is 12.5. The Morgan fingerprint density at radius 2 is 1.87 bits per heavy atom. The SMILES string of the molecule is CCOc1ccc(-n2c([C@@H](C)NC(=O)OC(C)(C)C)nc3c(c2=O)CCCC3)cc1. The van der Waals surface area contributed by atoms with Gasteiger partial charge in [0, 0.05) is 5.56 Å². The summed E-state index contributed by atoms with van der Waals surface area (Å²) in [6.07, 6.45) is 2.96. The third kappa shape index (κ3) is 5.01. The summed E-state index contributed by atoms with van der Waals surface area (Å²) >= 11 is 0. The highest BCUT2D eigenvalue weighted by Crippen LogP contribution is 2.23. The van der Waals surface area contributed by atoms with Crippen LogP contribution in [0, 0.1) is 0 Å². The molecule has 0 radical (unpaired) electrons. The monoisotopic (exact) mass is 413 g/mol. The van der Waals surface area contributed by atoms with Crippen molar-refractivity contribution in [2.75, 3.05) is 6.61 Å². The standard InChI is InChI=1S/C23H31N3O4/c1-6-29-17-13-11-16(12-14-17)26-20(15(2)24-22(28)30-23(3,4)5)25-19-10-8-7-9-18(19)21(26)27/h11-15H,6-10H2,1-5H3,(H,24,28)/t15-/m1/s1. The molecule has 0 fully saturated rings. The molecule has 1 atom stereocenters. The van der Waals surface area contributed by atoms with Gasteiger partial charge in [0.05, 0.1) is 24.0 Å². The van der Waals surface area contributed by atoms with Gasteiger partial charge in [-0.3, -0.25) is 9.36 Å². The number of carbonyl (C=O) groups excluding carboxylic acids is 1. The number of fused-ring (bicyclic) bond motifs is 1. The molecule has 1 aliphatic carbocycles. The zero-order valence-electron chi connectivity index (χ0n) is 18.4. The van der Waals surface area contributed by atoms with E-state index in [1.807, 2.05) is 58.9 Å². The normalized spacial score (nSPS) is 14.6. The molecule has 1 aromatic heterocycles. The molecule has 162 valence electrons. The number of carbonyl (C=O) groups is 1. The van der Waals surface area contributed by atoms with E-state index in [1.165, 1.54) is 0 Å². The lowest BCUT2D eigenvalue weighted by molar-refractivity contribution is 0.0505. The fourth-order valence-electron chi connectivity index (χ4n) is 3.62. The van der Waals surface area contributed by atoms with Gasteiger partial charge in [-0.2, -0.15) is 0 Å². The molecule has 0 unspecified atom stereocenters. The van der Waals surface area contributed by atoms with Crippen LogP contribution in [0.25, 0.3) is 5.69 Å². The second-order valence-electron chi connectivity index (χ2n) is 8.54. The lowest BCUT2D eigenvalue weighted by Gasteiger charge is -2.25. The van der Waals surface area contributed by atoms with Gasteiger partial charge in [0.15, 0.2) is 0 Å².